The number of nitrogens with zero attached hydrogens (tertiary/aromatic N) is 1. The van der Waals surface area contributed by atoms with Crippen LogP contribution in [0, 0.1) is 0 Å². The molecule has 1 rings (SSSR count). The smallest absolute Gasteiger partial charge is 0.326 e. The summed E-state index contributed by atoms with van der Waals surface area (Å²) in [6.07, 6.45) is 0.481. The molecule has 0 aromatic carbocycles. The van der Waals surface area contributed by atoms with Crippen LogP contribution in [0.15, 0.2) is 0 Å². The average Bonchev–Trinajstić information content (AvgIpc) is 2.03. The van der Waals surface area contributed by atoms with Gasteiger partial charge in [-0.25, -0.2) is 4.79 Å². The Bertz CT molecular complexity index is 261. The zero-order valence-corrected chi connectivity index (χ0v) is 7.32. The number of rotatable bonds is 1. The van der Waals surface area contributed by atoms with Gasteiger partial charge in [-0.2, -0.15) is 0 Å². The second-order valence-corrected chi connectivity index (χ2v) is 3.08. The van der Waals surface area contributed by atoms with E-state index in [1.165, 1.54) is 6.92 Å². The number of hydrogen-bond donors (Lipinski definition) is 1. The summed E-state index contributed by atoms with van der Waals surface area (Å²) in [4.78, 5) is 33.7. The SMILES string of the molecule is CC(=O)N1CC(=O)CC[C@H]1C(=O)O. The number of carboxylic acids is 1. The van der Waals surface area contributed by atoms with Crippen molar-refractivity contribution in [2.75, 3.05) is 6.54 Å². The fourth-order valence-electron chi connectivity index (χ4n) is 1.42. The zero-order valence-electron chi connectivity index (χ0n) is 7.32. The maximum absolute atomic E-state index is 11.0. The van der Waals surface area contributed by atoms with Crippen LogP contribution in [0.2, 0.25) is 0 Å². The van der Waals surface area contributed by atoms with E-state index in [4.69, 9.17) is 5.11 Å². The number of carbonyl (C=O) groups is 3. The first-order valence-corrected chi connectivity index (χ1v) is 4.04. The van der Waals surface area contributed by atoms with Crippen molar-refractivity contribution in [1.29, 1.82) is 0 Å². The molecule has 0 aliphatic carbocycles. The highest BCUT2D eigenvalue weighted by Crippen LogP contribution is 2.14. The molecule has 1 fully saturated rings. The highest BCUT2D eigenvalue weighted by molar-refractivity contribution is 5.91. The van der Waals surface area contributed by atoms with Gasteiger partial charge < -0.3 is 10.0 Å². The molecule has 1 saturated heterocycles. The van der Waals surface area contributed by atoms with Gasteiger partial charge in [0.25, 0.3) is 0 Å². The van der Waals surface area contributed by atoms with Gasteiger partial charge in [0.2, 0.25) is 5.91 Å². The first-order chi connectivity index (χ1) is 6.02. The number of piperidine rings is 1. The molecule has 72 valence electrons. The molecule has 0 unspecified atom stereocenters. The molecular formula is C8H11NO4. The van der Waals surface area contributed by atoms with E-state index in [2.05, 4.69) is 0 Å². The average molecular weight is 185 g/mol. The second kappa shape index (κ2) is 3.55. The van der Waals surface area contributed by atoms with Crippen LogP contribution in [0.1, 0.15) is 19.8 Å². The van der Waals surface area contributed by atoms with Gasteiger partial charge in [-0.3, -0.25) is 9.59 Å². The molecule has 1 aliphatic heterocycles. The maximum atomic E-state index is 11.0. The van der Waals surface area contributed by atoms with Crippen molar-refractivity contribution in [3.8, 4) is 0 Å². The molecule has 0 spiro atoms. The largest absolute Gasteiger partial charge is 0.480 e. The van der Waals surface area contributed by atoms with Crippen LogP contribution in [0.5, 0.6) is 0 Å². The lowest BCUT2D eigenvalue weighted by Gasteiger charge is -2.30. The van der Waals surface area contributed by atoms with Crippen molar-refractivity contribution in [3.63, 3.8) is 0 Å². The summed E-state index contributed by atoms with van der Waals surface area (Å²) < 4.78 is 0. The van der Waals surface area contributed by atoms with Gasteiger partial charge in [0, 0.05) is 13.3 Å². The minimum Gasteiger partial charge on any atom is -0.480 e. The van der Waals surface area contributed by atoms with E-state index >= 15 is 0 Å². The second-order valence-electron chi connectivity index (χ2n) is 3.08. The minimum absolute atomic E-state index is 0.0632. The van der Waals surface area contributed by atoms with Crippen molar-refractivity contribution < 1.29 is 19.5 Å². The van der Waals surface area contributed by atoms with Crippen LogP contribution in [-0.4, -0.2) is 40.3 Å². The van der Waals surface area contributed by atoms with Crippen LogP contribution in [-0.2, 0) is 14.4 Å². The summed E-state index contributed by atoms with van der Waals surface area (Å²) in [6, 6.07) is -0.824. The molecule has 0 radical (unpaired) electrons. The van der Waals surface area contributed by atoms with E-state index in [1.54, 1.807) is 0 Å². The van der Waals surface area contributed by atoms with Gasteiger partial charge in [0.15, 0.2) is 5.78 Å². The molecular weight excluding hydrogens is 174 g/mol. The predicted octanol–water partition coefficient (Wildman–Crippen LogP) is -0.349. The van der Waals surface area contributed by atoms with Crippen LogP contribution >= 0.6 is 0 Å². The molecule has 5 heteroatoms. The Labute approximate surface area is 75.3 Å². The Hall–Kier alpha value is -1.39. The molecule has 0 saturated carbocycles. The van der Waals surface area contributed by atoms with Crippen molar-refractivity contribution in [3.05, 3.63) is 0 Å². The normalized spacial score (nSPS) is 23.0. The van der Waals surface area contributed by atoms with Gasteiger partial charge in [0.1, 0.15) is 6.04 Å². The Kier molecular flexibility index (Phi) is 2.65. The lowest BCUT2D eigenvalue weighted by atomic mass is 10.0. The minimum atomic E-state index is -1.04. The van der Waals surface area contributed by atoms with Gasteiger partial charge in [0.05, 0.1) is 6.54 Å². The first kappa shape index (κ1) is 9.70. The summed E-state index contributed by atoms with van der Waals surface area (Å²) in [6.45, 7) is 1.21. The number of amides is 1. The number of ketones is 1. The molecule has 1 heterocycles. The number of hydrogen-bond acceptors (Lipinski definition) is 3. The van der Waals surface area contributed by atoms with E-state index in [1.807, 2.05) is 0 Å². The maximum Gasteiger partial charge on any atom is 0.326 e. The highest BCUT2D eigenvalue weighted by Gasteiger charge is 2.33. The summed E-state index contributed by atoms with van der Waals surface area (Å²) >= 11 is 0. The number of carboxylic acid groups (broad SMARTS) is 1. The van der Waals surface area contributed by atoms with Gasteiger partial charge in [-0.05, 0) is 6.42 Å². The molecule has 1 amide bonds. The van der Waals surface area contributed by atoms with Crippen LogP contribution in [0.3, 0.4) is 0 Å². The number of Topliss-reactive ketones (excluding diaryl/α,β-unsaturated/α-hetero) is 1. The van der Waals surface area contributed by atoms with Crippen LogP contribution in [0.25, 0.3) is 0 Å². The Morgan fingerprint density at radius 3 is 2.62 bits per heavy atom. The van der Waals surface area contributed by atoms with Crippen molar-refractivity contribution >= 4 is 17.7 Å². The zero-order chi connectivity index (χ0) is 10.0. The third-order valence-electron chi connectivity index (χ3n) is 2.11. The number of likely N-dealkylation sites (tertiary alicyclic amines) is 1. The monoisotopic (exact) mass is 185 g/mol. The predicted molar refractivity (Wildman–Crippen MR) is 43.1 cm³/mol. The lowest BCUT2D eigenvalue weighted by Crippen LogP contribution is -2.50. The third kappa shape index (κ3) is 2.05. The summed E-state index contributed by atoms with van der Waals surface area (Å²) in [5.74, 6) is -1.48. The number of carbonyl (C=O) groups excluding carboxylic acids is 2. The van der Waals surface area contributed by atoms with E-state index in [9.17, 15) is 14.4 Å². The molecule has 5 nitrogen and oxygen atoms in total. The first-order valence-electron chi connectivity index (χ1n) is 4.04. The van der Waals surface area contributed by atoms with Crippen LogP contribution < -0.4 is 0 Å². The molecule has 1 N–H and O–H groups in total. The van der Waals surface area contributed by atoms with E-state index in [-0.39, 0.29) is 31.1 Å². The van der Waals surface area contributed by atoms with Crippen LogP contribution in [0.4, 0.5) is 0 Å². The summed E-state index contributed by atoms with van der Waals surface area (Å²) in [5, 5.41) is 8.74. The summed E-state index contributed by atoms with van der Waals surface area (Å²) in [7, 11) is 0. The van der Waals surface area contributed by atoms with Gasteiger partial charge in [-0.15, -0.1) is 0 Å². The third-order valence-corrected chi connectivity index (χ3v) is 2.11. The highest BCUT2D eigenvalue weighted by atomic mass is 16.4. The Morgan fingerprint density at radius 1 is 1.54 bits per heavy atom. The molecule has 0 aromatic rings. The Balaban J connectivity index is 2.77. The lowest BCUT2D eigenvalue weighted by molar-refractivity contribution is -0.153. The summed E-state index contributed by atoms with van der Waals surface area (Å²) in [5.41, 5.74) is 0. The number of aliphatic carboxylic acids is 1. The molecule has 1 aliphatic rings. The van der Waals surface area contributed by atoms with Crippen molar-refractivity contribution in [1.82, 2.24) is 4.90 Å². The fourth-order valence-corrected chi connectivity index (χ4v) is 1.42. The Morgan fingerprint density at radius 2 is 2.15 bits per heavy atom. The molecule has 0 bridgehead atoms. The van der Waals surface area contributed by atoms with E-state index < -0.39 is 12.0 Å². The molecule has 1 atom stereocenters. The topological polar surface area (TPSA) is 74.7 Å². The van der Waals surface area contributed by atoms with Crippen molar-refractivity contribution in [2.24, 2.45) is 0 Å². The molecule has 13 heavy (non-hydrogen) atoms. The standard InChI is InChI=1S/C8H11NO4/c1-5(10)9-4-6(11)2-3-7(9)8(12)13/h7H,2-4H2,1H3,(H,12,13)/t7-/m0/s1. The van der Waals surface area contributed by atoms with E-state index in [0.717, 1.165) is 4.90 Å². The van der Waals surface area contributed by atoms with Gasteiger partial charge in [-0.1, -0.05) is 0 Å². The quantitative estimate of drug-likeness (QED) is 0.606. The van der Waals surface area contributed by atoms with E-state index in [0.29, 0.717) is 0 Å². The van der Waals surface area contributed by atoms with Crippen molar-refractivity contribution in [2.45, 2.75) is 25.8 Å². The molecule has 0 aromatic heterocycles. The van der Waals surface area contributed by atoms with Gasteiger partial charge >= 0.3 is 5.97 Å². The fraction of sp³-hybridized carbons (Fsp3) is 0.625.